The van der Waals surface area contributed by atoms with Gasteiger partial charge >= 0.3 is 0 Å². The fourth-order valence-corrected chi connectivity index (χ4v) is 1.60. The predicted octanol–water partition coefficient (Wildman–Crippen LogP) is 2.94. The van der Waals surface area contributed by atoms with E-state index in [1.165, 1.54) is 0 Å². The van der Waals surface area contributed by atoms with Crippen molar-refractivity contribution in [3.05, 3.63) is 0 Å². The molecule has 0 saturated carbocycles. The number of amides is 1. The molecule has 14 heavy (non-hydrogen) atoms. The first kappa shape index (κ1) is 13.8. The predicted molar refractivity (Wildman–Crippen MR) is 61.6 cm³/mol. The molecule has 1 amide bonds. The smallest absolute Gasteiger partial charge is 0.238 e. The molecule has 1 N–H and O–H groups in total. The van der Waals surface area contributed by atoms with Crippen LogP contribution >= 0.6 is 11.6 Å². The van der Waals surface area contributed by atoms with E-state index < -0.39 is 5.38 Å². The molecule has 1 atom stereocenters. The molecule has 0 spiro atoms. The highest BCUT2D eigenvalue weighted by atomic mass is 35.5. The minimum atomic E-state index is -0.436. The van der Waals surface area contributed by atoms with E-state index in [0.717, 1.165) is 0 Å². The maximum Gasteiger partial charge on any atom is 0.238 e. The Kier molecular flexibility index (Phi) is 4.44. The van der Waals surface area contributed by atoms with Gasteiger partial charge in [-0.15, -0.1) is 11.6 Å². The van der Waals surface area contributed by atoms with Gasteiger partial charge in [-0.05, 0) is 32.6 Å². The highest BCUT2D eigenvalue weighted by molar-refractivity contribution is 6.30. The highest BCUT2D eigenvalue weighted by Gasteiger charge is 2.25. The van der Waals surface area contributed by atoms with Crippen molar-refractivity contribution in [3.63, 3.8) is 0 Å². The summed E-state index contributed by atoms with van der Waals surface area (Å²) in [6.45, 7) is 12.1. The molecule has 0 radical (unpaired) electrons. The standard InChI is InChI=1S/C11H22ClNO/c1-10(2,3)7-8(12)9(14)13-11(4,5)6/h8H,7H2,1-6H3,(H,13,14). The number of carbonyl (C=O) groups excluding carboxylic acids is 1. The average Bonchev–Trinajstić information content (AvgIpc) is 1.78. The van der Waals surface area contributed by atoms with Crippen molar-refractivity contribution in [2.45, 2.75) is 58.9 Å². The second kappa shape index (κ2) is 4.52. The quantitative estimate of drug-likeness (QED) is 0.711. The lowest BCUT2D eigenvalue weighted by Crippen LogP contribution is -2.45. The Balaban J connectivity index is 4.15. The molecular weight excluding hydrogens is 198 g/mol. The van der Waals surface area contributed by atoms with Crippen LogP contribution in [0.25, 0.3) is 0 Å². The van der Waals surface area contributed by atoms with Gasteiger partial charge in [-0.25, -0.2) is 0 Å². The molecule has 0 heterocycles. The Morgan fingerprint density at radius 3 is 1.93 bits per heavy atom. The molecule has 0 fully saturated rings. The molecule has 0 aromatic carbocycles. The van der Waals surface area contributed by atoms with Gasteiger partial charge in [-0.3, -0.25) is 4.79 Å². The minimum absolute atomic E-state index is 0.0749. The van der Waals surface area contributed by atoms with Gasteiger partial charge in [0.2, 0.25) is 5.91 Å². The molecule has 1 unspecified atom stereocenters. The Bertz CT molecular complexity index is 200. The molecule has 2 nitrogen and oxygen atoms in total. The summed E-state index contributed by atoms with van der Waals surface area (Å²) in [6.07, 6.45) is 0.691. The lowest BCUT2D eigenvalue weighted by Gasteiger charge is -2.25. The monoisotopic (exact) mass is 219 g/mol. The Labute approximate surface area is 92.4 Å². The number of nitrogens with one attached hydrogen (secondary N) is 1. The van der Waals surface area contributed by atoms with Crippen LogP contribution in [0.4, 0.5) is 0 Å². The van der Waals surface area contributed by atoms with Crippen molar-refractivity contribution >= 4 is 17.5 Å². The Morgan fingerprint density at radius 2 is 1.64 bits per heavy atom. The molecule has 0 aliphatic rings. The van der Waals surface area contributed by atoms with Gasteiger partial charge in [0.15, 0.2) is 0 Å². The van der Waals surface area contributed by atoms with E-state index in [2.05, 4.69) is 26.1 Å². The third kappa shape index (κ3) is 7.19. The number of hydrogen-bond donors (Lipinski definition) is 1. The van der Waals surface area contributed by atoms with Gasteiger partial charge in [-0.2, -0.15) is 0 Å². The van der Waals surface area contributed by atoms with Crippen LogP contribution in [-0.2, 0) is 4.79 Å². The van der Waals surface area contributed by atoms with Crippen LogP contribution in [-0.4, -0.2) is 16.8 Å². The molecule has 0 aliphatic carbocycles. The van der Waals surface area contributed by atoms with Gasteiger partial charge < -0.3 is 5.32 Å². The molecule has 84 valence electrons. The lowest BCUT2D eigenvalue weighted by atomic mass is 9.90. The maximum absolute atomic E-state index is 11.6. The molecule has 0 bridgehead atoms. The number of carbonyl (C=O) groups is 1. The van der Waals surface area contributed by atoms with Crippen molar-refractivity contribution < 1.29 is 4.79 Å². The summed E-state index contributed by atoms with van der Waals surface area (Å²) in [5.41, 5.74) is -0.121. The van der Waals surface area contributed by atoms with E-state index in [1.54, 1.807) is 0 Å². The zero-order valence-electron chi connectivity index (χ0n) is 10.1. The van der Waals surface area contributed by atoms with Gasteiger partial charge in [0.05, 0.1) is 0 Å². The zero-order valence-corrected chi connectivity index (χ0v) is 10.8. The number of hydrogen-bond acceptors (Lipinski definition) is 1. The highest BCUT2D eigenvalue weighted by Crippen LogP contribution is 2.23. The summed E-state index contributed by atoms with van der Waals surface area (Å²) in [5.74, 6) is -0.0749. The first-order valence-electron chi connectivity index (χ1n) is 4.97. The van der Waals surface area contributed by atoms with Crippen LogP contribution in [0.2, 0.25) is 0 Å². The third-order valence-electron chi connectivity index (χ3n) is 1.57. The van der Waals surface area contributed by atoms with Crippen LogP contribution in [0, 0.1) is 5.41 Å². The van der Waals surface area contributed by atoms with E-state index in [0.29, 0.717) is 6.42 Å². The van der Waals surface area contributed by atoms with Crippen molar-refractivity contribution in [1.82, 2.24) is 5.32 Å². The van der Waals surface area contributed by atoms with Crippen molar-refractivity contribution in [2.24, 2.45) is 5.41 Å². The zero-order chi connectivity index (χ0) is 11.6. The number of alkyl halides is 1. The van der Waals surface area contributed by atoms with E-state index in [9.17, 15) is 4.79 Å². The summed E-state index contributed by atoms with van der Waals surface area (Å²) < 4.78 is 0. The molecule has 0 rings (SSSR count). The molecular formula is C11H22ClNO. The first-order valence-corrected chi connectivity index (χ1v) is 5.41. The fourth-order valence-electron chi connectivity index (χ4n) is 1.08. The van der Waals surface area contributed by atoms with Gasteiger partial charge in [0, 0.05) is 5.54 Å². The lowest BCUT2D eigenvalue weighted by molar-refractivity contribution is -0.122. The summed E-state index contributed by atoms with van der Waals surface area (Å²) in [6, 6.07) is 0. The van der Waals surface area contributed by atoms with Crippen molar-refractivity contribution in [1.29, 1.82) is 0 Å². The summed E-state index contributed by atoms with van der Waals surface area (Å²) in [5, 5.41) is 2.43. The maximum atomic E-state index is 11.6. The summed E-state index contributed by atoms with van der Waals surface area (Å²) >= 11 is 6.01. The number of rotatable bonds is 2. The SMILES string of the molecule is CC(C)(C)CC(Cl)C(=O)NC(C)(C)C. The van der Waals surface area contributed by atoms with Gasteiger partial charge in [-0.1, -0.05) is 20.8 Å². The summed E-state index contributed by atoms with van der Waals surface area (Å²) in [4.78, 5) is 11.6. The van der Waals surface area contributed by atoms with Gasteiger partial charge in [0.25, 0.3) is 0 Å². The van der Waals surface area contributed by atoms with Crippen LogP contribution in [0.3, 0.4) is 0 Å². The Morgan fingerprint density at radius 1 is 1.21 bits per heavy atom. The molecule has 0 saturated heterocycles. The van der Waals surface area contributed by atoms with E-state index in [-0.39, 0.29) is 16.9 Å². The molecule has 0 aromatic rings. The number of halogens is 1. The summed E-state index contributed by atoms with van der Waals surface area (Å²) in [7, 11) is 0. The third-order valence-corrected chi connectivity index (χ3v) is 1.93. The van der Waals surface area contributed by atoms with E-state index >= 15 is 0 Å². The normalized spacial score (nSPS) is 15.1. The van der Waals surface area contributed by atoms with E-state index in [4.69, 9.17) is 11.6 Å². The second-order valence-corrected chi connectivity index (χ2v) is 6.50. The average molecular weight is 220 g/mol. The van der Waals surface area contributed by atoms with Crippen LogP contribution < -0.4 is 5.32 Å². The topological polar surface area (TPSA) is 29.1 Å². The van der Waals surface area contributed by atoms with Crippen LogP contribution in [0.5, 0.6) is 0 Å². The Hall–Kier alpha value is -0.240. The first-order chi connectivity index (χ1) is 6.01. The molecule has 3 heteroatoms. The molecule has 0 aromatic heterocycles. The second-order valence-electron chi connectivity index (χ2n) is 5.97. The fraction of sp³-hybridized carbons (Fsp3) is 0.909. The van der Waals surface area contributed by atoms with Crippen molar-refractivity contribution in [3.8, 4) is 0 Å². The van der Waals surface area contributed by atoms with Crippen LogP contribution in [0.1, 0.15) is 48.0 Å². The van der Waals surface area contributed by atoms with Gasteiger partial charge in [0.1, 0.15) is 5.38 Å². The molecule has 0 aliphatic heterocycles. The van der Waals surface area contributed by atoms with E-state index in [1.807, 2.05) is 20.8 Å². The largest absolute Gasteiger partial charge is 0.350 e. The minimum Gasteiger partial charge on any atom is -0.350 e. The van der Waals surface area contributed by atoms with Crippen molar-refractivity contribution in [2.75, 3.05) is 0 Å². The van der Waals surface area contributed by atoms with Crippen LogP contribution in [0.15, 0.2) is 0 Å².